The van der Waals surface area contributed by atoms with E-state index >= 15 is 0 Å². The Balaban J connectivity index is 1.70. The molecule has 2 fully saturated rings. The van der Waals surface area contributed by atoms with Gasteiger partial charge < -0.3 is 20.1 Å². The zero-order valence-corrected chi connectivity index (χ0v) is 10.4. The highest BCUT2D eigenvalue weighted by Crippen LogP contribution is 2.24. The predicted molar refractivity (Wildman–Crippen MR) is 63.7 cm³/mol. The van der Waals surface area contributed by atoms with Gasteiger partial charge in [-0.2, -0.15) is 0 Å². The normalized spacial score (nSPS) is 33.3. The molecule has 2 unspecified atom stereocenters. The molecule has 5 heteroatoms. The Hall–Kier alpha value is -0.650. The van der Waals surface area contributed by atoms with Crippen LogP contribution in [0.4, 0.5) is 0 Å². The van der Waals surface area contributed by atoms with Crippen LogP contribution >= 0.6 is 0 Å². The number of nitrogens with zero attached hydrogens (tertiary/aromatic N) is 1. The average molecular weight is 242 g/mol. The Bertz CT molecular complexity index is 279. The Kier molecular flexibility index (Phi) is 4.01. The zero-order chi connectivity index (χ0) is 12.3. The van der Waals surface area contributed by atoms with Crippen molar-refractivity contribution in [3.63, 3.8) is 0 Å². The number of carbonyl (C=O) groups is 1. The average Bonchev–Trinajstić information content (AvgIpc) is 2.90. The zero-order valence-electron chi connectivity index (χ0n) is 10.4. The summed E-state index contributed by atoms with van der Waals surface area (Å²) in [5.74, 6) is 0.137. The van der Waals surface area contributed by atoms with Crippen molar-refractivity contribution in [2.24, 2.45) is 0 Å². The van der Waals surface area contributed by atoms with E-state index in [4.69, 9.17) is 4.74 Å². The van der Waals surface area contributed by atoms with Crippen LogP contribution in [-0.2, 0) is 9.53 Å². The van der Waals surface area contributed by atoms with Gasteiger partial charge in [0.2, 0.25) is 5.91 Å². The number of amides is 1. The second kappa shape index (κ2) is 5.33. The molecule has 0 spiro atoms. The van der Waals surface area contributed by atoms with Crippen LogP contribution in [-0.4, -0.2) is 60.4 Å². The van der Waals surface area contributed by atoms with Gasteiger partial charge in [-0.15, -0.1) is 0 Å². The molecule has 0 radical (unpaired) electrons. The maximum Gasteiger partial charge on any atom is 0.236 e. The van der Waals surface area contributed by atoms with Gasteiger partial charge in [0.15, 0.2) is 0 Å². The highest BCUT2D eigenvalue weighted by atomic mass is 16.5. The number of hydrogen-bond acceptors (Lipinski definition) is 4. The van der Waals surface area contributed by atoms with E-state index in [9.17, 15) is 9.90 Å². The molecule has 2 rings (SSSR count). The Morgan fingerprint density at radius 2 is 2.24 bits per heavy atom. The quantitative estimate of drug-likeness (QED) is 0.713. The molecule has 98 valence electrons. The molecule has 17 heavy (non-hydrogen) atoms. The van der Waals surface area contributed by atoms with Crippen LogP contribution in [0.25, 0.3) is 0 Å². The number of hydrogen-bond donors (Lipinski definition) is 2. The second-order valence-corrected chi connectivity index (χ2v) is 5.06. The van der Waals surface area contributed by atoms with Crippen LogP contribution in [0.1, 0.15) is 26.2 Å². The Labute approximate surface area is 102 Å². The number of aliphatic hydroxyl groups is 1. The van der Waals surface area contributed by atoms with Crippen LogP contribution < -0.4 is 5.32 Å². The van der Waals surface area contributed by atoms with Gasteiger partial charge in [-0.25, -0.2) is 0 Å². The molecule has 2 heterocycles. The van der Waals surface area contributed by atoms with Crippen LogP contribution in [0.15, 0.2) is 0 Å². The lowest BCUT2D eigenvalue weighted by atomic mass is 9.97. The van der Waals surface area contributed by atoms with E-state index in [2.05, 4.69) is 5.32 Å². The first kappa shape index (κ1) is 12.8. The molecule has 1 amide bonds. The maximum atomic E-state index is 11.8. The van der Waals surface area contributed by atoms with Crippen molar-refractivity contribution in [2.45, 2.75) is 37.9 Å². The fourth-order valence-electron chi connectivity index (χ4n) is 2.47. The largest absolute Gasteiger partial charge is 0.386 e. The van der Waals surface area contributed by atoms with E-state index in [0.29, 0.717) is 26.1 Å². The molecule has 2 saturated heterocycles. The first-order valence-corrected chi connectivity index (χ1v) is 6.44. The Morgan fingerprint density at radius 1 is 1.53 bits per heavy atom. The van der Waals surface area contributed by atoms with Gasteiger partial charge in [-0.05, 0) is 19.8 Å². The van der Waals surface area contributed by atoms with Gasteiger partial charge in [-0.1, -0.05) is 0 Å². The number of rotatable bonds is 4. The van der Waals surface area contributed by atoms with Gasteiger partial charge in [0.05, 0.1) is 12.6 Å². The highest BCUT2D eigenvalue weighted by Gasteiger charge is 2.39. The summed E-state index contributed by atoms with van der Waals surface area (Å²) in [6.45, 7) is 4.97. The molecule has 0 aromatic carbocycles. The van der Waals surface area contributed by atoms with Crippen molar-refractivity contribution in [1.29, 1.82) is 0 Å². The highest BCUT2D eigenvalue weighted by molar-refractivity contribution is 5.78. The van der Waals surface area contributed by atoms with Gasteiger partial charge in [0.1, 0.15) is 5.60 Å². The van der Waals surface area contributed by atoms with E-state index in [1.807, 2.05) is 11.8 Å². The number of nitrogens with one attached hydrogen (secondary N) is 1. The number of likely N-dealkylation sites (tertiary alicyclic amines) is 1. The molecule has 0 aromatic rings. The molecule has 2 N–H and O–H groups in total. The minimum atomic E-state index is -0.814. The summed E-state index contributed by atoms with van der Waals surface area (Å²) in [5.41, 5.74) is -0.814. The summed E-state index contributed by atoms with van der Waals surface area (Å²) in [5, 5.41) is 13.3. The molecule has 0 bridgehead atoms. The maximum absolute atomic E-state index is 11.8. The van der Waals surface area contributed by atoms with Crippen molar-refractivity contribution in [3.8, 4) is 0 Å². The predicted octanol–water partition coefficient (Wildman–Crippen LogP) is -0.262. The van der Waals surface area contributed by atoms with Gasteiger partial charge in [0.25, 0.3) is 0 Å². The van der Waals surface area contributed by atoms with Crippen LogP contribution in [0.5, 0.6) is 0 Å². The molecular weight excluding hydrogens is 220 g/mol. The monoisotopic (exact) mass is 242 g/mol. The summed E-state index contributed by atoms with van der Waals surface area (Å²) in [7, 11) is 0. The summed E-state index contributed by atoms with van der Waals surface area (Å²) >= 11 is 0. The fraction of sp³-hybridized carbons (Fsp3) is 0.917. The van der Waals surface area contributed by atoms with Gasteiger partial charge in [-0.3, -0.25) is 4.79 Å². The van der Waals surface area contributed by atoms with Crippen molar-refractivity contribution in [1.82, 2.24) is 10.2 Å². The standard InChI is InChI=1S/C12H22N2O3/c1-10-12(16,4-7-17-10)9-13-8-11(15)14-5-2-3-6-14/h10,13,16H,2-9H2,1H3. The topological polar surface area (TPSA) is 61.8 Å². The van der Waals surface area contributed by atoms with Crippen molar-refractivity contribution in [2.75, 3.05) is 32.8 Å². The summed E-state index contributed by atoms with van der Waals surface area (Å²) in [6.07, 6.45) is 2.71. The van der Waals surface area contributed by atoms with Crippen molar-refractivity contribution in [3.05, 3.63) is 0 Å². The first-order valence-electron chi connectivity index (χ1n) is 6.44. The SMILES string of the molecule is CC1OCCC1(O)CNCC(=O)N1CCCC1. The molecule has 0 saturated carbocycles. The molecule has 2 aliphatic rings. The van der Waals surface area contributed by atoms with Crippen molar-refractivity contribution < 1.29 is 14.6 Å². The number of ether oxygens (including phenoxy) is 1. The second-order valence-electron chi connectivity index (χ2n) is 5.06. The minimum absolute atomic E-state index is 0.137. The lowest BCUT2D eigenvalue weighted by Crippen LogP contribution is -2.48. The van der Waals surface area contributed by atoms with Crippen LogP contribution in [0.2, 0.25) is 0 Å². The third-order valence-corrected chi connectivity index (χ3v) is 3.83. The minimum Gasteiger partial charge on any atom is -0.386 e. The van der Waals surface area contributed by atoms with E-state index in [-0.39, 0.29) is 12.0 Å². The smallest absolute Gasteiger partial charge is 0.236 e. The van der Waals surface area contributed by atoms with E-state index < -0.39 is 5.60 Å². The number of carbonyl (C=O) groups excluding carboxylic acids is 1. The third kappa shape index (κ3) is 2.97. The molecule has 0 aromatic heterocycles. The lowest BCUT2D eigenvalue weighted by molar-refractivity contribution is -0.129. The van der Waals surface area contributed by atoms with Crippen LogP contribution in [0.3, 0.4) is 0 Å². The lowest BCUT2D eigenvalue weighted by Gasteiger charge is -2.26. The van der Waals surface area contributed by atoms with Crippen molar-refractivity contribution >= 4 is 5.91 Å². The van der Waals surface area contributed by atoms with E-state index in [0.717, 1.165) is 25.9 Å². The molecular formula is C12H22N2O3. The molecule has 2 aliphatic heterocycles. The first-order chi connectivity index (χ1) is 8.12. The Morgan fingerprint density at radius 3 is 2.82 bits per heavy atom. The van der Waals surface area contributed by atoms with E-state index in [1.54, 1.807) is 0 Å². The fourth-order valence-corrected chi connectivity index (χ4v) is 2.47. The van der Waals surface area contributed by atoms with Gasteiger partial charge in [0, 0.05) is 32.7 Å². The molecule has 2 atom stereocenters. The third-order valence-electron chi connectivity index (χ3n) is 3.83. The summed E-state index contributed by atoms with van der Waals surface area (Å²) < 4.78 is 5.34. The van der Waals surface area contributed by atoms with Crippen LogP contribution in [0, 0.1) is 0 Å². The summed E-state index contributed by atoms with van der Waals surface area (Å²) in [6, 6.07) is 0. The summed E-state index contributed by atoms with van der Waals surface area (Å²) in [4.78, 5) is 13.6. The molecule has 0 aliphatic carbocycles. The van der Waals surface area contributed by atoms with Gasteiger partial charge >= 0.3 is 0 Å². The van der Waals surface area contributed by atoms with E-state index in [1.165, 1.54) is 0 Å². The molecule has 5 nitrogen and oxygen atoms in total.